The average Bonchev–Trinajstić information content (AvgIpc) is 3.79. The van der Waals surface area contributed by atoms with E-state index < -0.39 is 27.7 Å². The van der Waals surface area contributed by atoms with Gasteiger partial charge >= 0.3 is 26.3 Å². The molecule has 0 aliphatic carbocycles. The van der Waals surface area contributed by atoms with E-state index in [1.165, 1.54) is 32.3 Å². The third-order valence-electron chi connectivity index (χ3n) is 9.49. The SMILES string of the molecule is CC(C)(C)c1ccnc(-c2cc(C(F)(F)F)n[n-]2)c1.[Ir+3].[c-]1ccccc1C[PH+](c1ccccc1)c1ccccc1.[c-]1ccccc1C[PH+](c1ccccc1)c1ccccc1. The molecule has 304 valence electrons. The summed E-state index contributed by atoms with van der Waals surface area (Å²) in [6.45, 7) is 6.05. The van der Waals surface area contributed by atoms with E-state index in [1.54, 1.807) is 12.3 Å². The van der Waals surface area contributed by atoms with E-state index in [4.69, 9.17) is 0 Å². The molecule has 8 aromatic rings. The maximum atomic E-state index is 12.5. The van der Waals surface area contributed by atoms with Gasteiger partial charge in [-0.3, -0.25) is 4.98 Å². The molecular formula is C51H47F3IrN3P2+2. The maximum absolute atomic E-state index is 12.5. The van der Waals surface area contributed by atoms with Crippen molar-refractivity contribution in [3.63, 3.8) is 0 Å². The molecule has 0 aliphatic heterocycles. The van der Waals surface area contributed by atoms with Crippen LogP contribution in [0.4, 0.5) is 13.2 Å². The minimum absolute atomic E-state index is 0. The molecule has 6 aromatic carbocycles. The summed E-state index contributed by atoms with van der Waals surface area (Å²) in [5.74, 6) is 0. The monoisotopic (exact) mass is 1010 g/mol. The molecule has 3 nitrogen and oxygen atoms in total. The Kier molecular flexibility index (Phi) is 17.3. The maximum Gasteiger partial charge on any atom is 3.00 e. The Morgan fingerprint density at radius 3 is 1.27 bits per heavy atom. The summed E-state index contributed by atoms with van der Waals surface area (Å²) in [6.07, 6.45) is -0.746. The van der Waals surface area contributed by atoms with Crippen molar-refractivity contribution in [2.24, 2.45) is 0 Å². The summed E-state index contributed by atoms with van der Waals surface area (Å²) in [5.41, 5.74) is 3.02. The van der Waals surface area contributed by atoms with Crippen molar-refractivity contribution in [1.82, 2.24) is 15.2 Å². The molecule has 2 aromatic heterocycles. The predicted octanol–water partition coefficient (Wildman–Crippen LogP) is 11.1. The van der Waals surface area contributed by atoms with Gasteiger partial charge in [-0.1, -0.05) is 99.3 Å². The first-order valence-electron chi connectivity index (χ1n) is 19.4. The molecule has 60 heavy (non-hydrogen) atoms. The van der Waals surface area contributed by atoms with E-state index in [-0.39, 0.29) is 31.2 Å². The van der Waals surface area contributed by atoms with Crippen molar-refractivity contribution >= 4 is 37.1 Å². The van der Waals surface area contributed by atoms with Gasteiger partial charge in [-0.15, -0.1) is 11.1 Å². The molecule has 0 radical (unpaired) electrons. The molecule has 0 aliphatic rings. The molecule has 2 heterocycles. The first kappa shape index (κ1) is 46.1. The molecule has 0 amide bonds. The number of pyridine rings is 1. The van der Waals surface area contributed by atoms with E-state index in [2.05, 4.69) is 173 Å². The summed E-state index contributed by atoms with van der Waals surface area (Å²) in [7, 11) is -1.57. The molecule has 0 N–H and O–H groups in total. The van der Waals surface area contributed by atoms with Crippen LogP contribution in [0.15, 0.2) is 194 Å². The van der Waals surface area contributed by atoms with Crippen LogP contribution in [-0.2, 0) is 44.0 Å². The molecule has 0 unspecified atom stereocenters. The molecule has 9 heteroatoms. The Bertz CT molecular complexity index is 2210. The second-order valence-electron chi connectivity index (χ2n) is 14.8. The molecule has 8 rings (SSSR count). The Labute approximate surface area is 368 Å². The molecule has 0 spiro atoms. The fourth-order valence-corrected chi connectivity index (χ4v) is 11.4. The Hall–Kier alpha value is -5.02. The van der Waals surface area contributed by atoms with Crippen LogP contribution >= 0.6 is 15.8 Å². The predicted molar refractivity (Wildman–Crippen MR) is 243 cm³/mol. The van der Waals surface area contributed by atoms with Gasteiger partial charge in [-0.2, -0.15) is 73.8 Å². The first-order valence-corrected chi connectivity index (χ1v) is 22.8. The molecule has 0 saturated heterocycles. The number of hydrogen-bond acceptors (Lipinski definition) is 2. The van der Waals surface area contributed by atoms with Gasteiger partial charge in [-0.05, 0) is 77.7 Å². The van der Waals surface area contributed by atoms with E-state index >= 15 is 0 Å². The van der Waals surface area contributed by atoms with Crippen molar-refractivity contribution in [2.75, 3.05) is 0 Å². The van der Waals surface area contributed by atoms with Gasteiger partial charge in [0.25, 0.3) is 0 Å². The number of alkyl halides is 3. The van der Waals surface area contributed by atoms with Crippen LogP contribution in [0.2, 0.25) is 0 Å². The van der Waals surface area contributed by atoms with Crippen LogP contribution in [0.3, 0.4) is 0 Å². The van der Waals surface area contributed by atoms with E-state index in [0.717, 1.165) is 24.0 Å². The fraction of sp³-hybridized carbons (Fsp3) is 0.137. The zero-order valence-electron chi connectivity index (χ0n) is 33.7. The van der Waals surface area contributed by atoms with E-state index in [9.17, 15) is 13.2 Å². The molecular weight excluding hydrogens is 966 g/mol. The van der Waals surface area contributed by atoms with Gasteiger partial charge in [0, 0.05) is 11.9 Å². The quantitative estimate of drug-likeness (QED) is 0.107. The number of benzene rings is 6. The fourth-order valence-electron chi connectivity index (χ4n) is 6.36. The van der Waals surface area contributed by atoms with Crippen LogP contribution in [0.25, 0.3) is 11.4 Å². The van der Waals surface area contributed by atoms with Crippen molar-refractivity contribution < 1.29 is 33.3 Å². The zero-order valence-corrected chi connectivity index (χ0v) is 38.1. The molecule has 0 bridgehead atoms. The topological polar surface area (TPSA) is 39.9 Å². The minimum Gasteiger partial charge on any atom is -0.573 e. The second kappa shape index (κ2) is 22.5. The largest absolute Gasteiger partial charge is 3.00 e. The summed E-state index contributed by atoms with van der Waals surface area (Å²) in [6, 6.07) is 71.3. The summed E-state index contributed by atoms with van der Waals surface area (Å²) in [4.78, 5) is 4.05. The number of nitrogens with zero attached hydrogens (tertiary/aromatic N) is 3. The van der Waals surface area contributed by atoms with Crippen LogP contribution < -0.4 is 26.3 Å². The number of hydrogen-bond donors (Lipinski definition) is 0. The number of rotatable bonds is 9. The summed E-state index contributed by atoms with van der Waals surface area (Å²) < 4.78 is 37.4. The van der Waals surface area contributed by atoms with Crippen molar-refractivity contribution in [3.8, 4) is 11.4 Å². The van der Waals surface area contributed by atoms with Gasteiger partial charge in [-0.25, -0.2) is 0 Å². The number of halogens is 3. The van der Waals surface area contributed by atoms with Gasteiger partial charge < -0.3 is 10.2 Å². The third kappa shape index (κ3) is 13.8. The average molecular weight is 1010 g/mol. The van der Waals surface area contributed by atoms with Crippen LogP contribution in [0, 0.1) is 12.1 Å². The summed E-state index contributed by atoms with van der Waals surface area (Å²) >= 11 is 0. The minimum atomic E-state index is -4.48. The van der Waals surface area contributed by atoms with Gasteiger partial charge in [0.05, 0.1) is 49.4 Å². The molecule has 0 fully saturated rings. The normalized spacial score (nSPS) is 11.1. The smallest absolute Gasteiger partial charge is 0.573 e. The molecule has 0 saturated carbocycles. The number of aromatic nitrogens is 3. The van der Waals surface area contributed by atoms with Crippen molar-refractivity contribution in [1.29, 1.82) is 0 Å². The van der Waals surface area contributed by atoms with E-state index in [1.807, 2.05) is 51.1 Å². The van der Waals surface area contributed by atoms with Crippen molar-refractivity contribution in [3.05, 3.63) is 229 Å². The van der Waals surface area contributed by atoms with E-state index in [0.29, 0.717) is 5.69 Å². The van der Waals surface area contributed by atoms with Gasteiger partial charge in [0.15, 0.2) is 0 Å². The third-order valence-corrected chi connectivity index (χ3v) is 15.1. The Morgan fingerprint density at radius 1 is 0.533 bits per heavy atom. The molecule has 0 atom stereocenters. The van der Waals surface area contributed by atoms with Crippen LogP contribution in [0.1, 0.15) is 43.2 Å². The Morgan fingerprint density at radius 2 is 0.933 bits per heavy atom. The Balaban J connectivity index is 0.000000169. The van der Waals surface area contributed by atoms with Gasteiger partial charge in [0.1, 0.15) is 5.69 Å². The first-order chi connectivity index (χ1) is 28.5. The van der Waals surface area contributed by atoms with Crippen LogP contribution in [0.5, 0.6) is 0 Å². The summed E-state index contributed by atoms with van der Waals surface area (Å²) in [5, 5.41) is 12.5. The van der Waals surface area contributed by atoms with Crippen molar-refractivity contribution in [2.45, 2.75) is 44.7 Å². The van der Waals surface area contributed by atoms with Gasteiger partial charge in [0.2, 0.25) is 0 Å². The second-order valence-corrected chi connectivity index (χ2v) is 19.8. The van der Waals surface area contributed by atoms with Crippen LogP contribution in [-0.4, -0.2) is 10.1 Å². The standard InChI is InChI=1S/2C19H16P.C13H13F3N3.Ir/c2*1-4-10-17(11-5-1)16-20(18-12-6-2-7-13-18)19-14-8-3-9-15-19;1-12(2,3)8-4-5-17-9(6-8)10-7-11(19-18-10)13(14,15)16;/h2*1-10,12-15H,16H2;4-7H,1-3H3;/q3*-1;+3/p+2. The zero-order chi connectivity index (χ0) is 41.5.